The van der Waals surface area contributed by atoms with E-state index in [0.717, 1.165) is 0 Å². The monoisotopic (exact) mass is 249 g/mol. The lowest BCUT2D eigenvalue weighted by Crippen LogP contribution is -2.14. The Kier molecular flexibility index (Phi) is 3.57. The summed E-state index contributed by atoms with van der Waals surface area (Å²) >= 11 is 0. The van der Waals surface area contributed by atoms with Gasteiger partial charge in [0.05, 0.1) is 0 Å². The summed E-state index contributed by atoms with van der Waals surface area (Å²) in [6, 6.07) is 7.48. The Morgan fingerprint density at radius 3 is 2.94 bits per heavy atom. The van der Waals surface area contributed by atoms with Crippen LogP contribution in [0.5, 0.6) is 0 Å². The number of aromatic nitrogens is 2. The molecule has 0 atom stereocenters. The van der Waals surface area contributed by atoms with Crippen molar-refractivity contribution in [3.63, 3.8) is 0 Å². The second-order valence-electron chi connectivity index (χ2n) is 3.73. The SMILES string of the molecule is Nc1ccn(CC(=O)OCc2cccc(F)c2)n1. The lowest BCUT2D eigenvalue weighted by atomic mass is 10.2. The van der Waals surface area contributed by atoms with Gasteiger partial charge in [-0.05, 0) is 23.8 Å². The molecule has 2 aromatic rings. The van der Waals surface area contributed by atoms with E-state index in [1.807, 2.05) is 0 Å². The third kappa shape index (κ3) is 3.31. The van der Waals surface area contributed by atoms with Crippen LogP contribution in [0, 0.1) is 5.82 Å². The van der Waals surface area contributed by atoms with Crippen molar-refractivity contribution in [3.8, 4) is 0 Å². The molecule has 0 bridgehead atoms. The number of benzene rings is 1. The summed E-state index contributed by atoms with van der Waals surface area (Å²) in [4.78, 5) is 11.5. The van der Waals surface area contributed by atoms with Gasteiger partial charge in [-0.2, -0.15) is 5.10 Å². The lowest BCUT2D eigenvalue weighted by molar-refractivity contribution is -0.145. The van der Waals surface area contributed by atoms with Crippen LogP contribution < -0.4 is 5.73 Å². The fraction of sp³-hybridized carbons (Fsp3) is 0.167. The smallest absolute Gasteiger partial charge is 0.328 e. The molecule has 1 aromatic carbocycles. The number of nitrogens with two attached hydrogens (primary N) is 1. The number of hydrogen-bond donors (Lipinski definition) is 1. The van der Waals surface area contributed by atoms with Crippen LogP contribution in [0.3, 0.4) is 0 Å². The van der Waals surface area contributed by atoms with E-state index in [1.54, 1.807) is 24.4 Å². The van der Waals surface area contributed by atoms with Crippen molar-refractivity contribution in [3.05, 3.63) is 47.9 Å². The minimum absolute atomic E-state index is 0.0213. The van der Waals surface area contributed by atoms with Crippen LogP contribution in [-0.4, -0.2) is 15.7 Å². The number of halogens is 1. The Morgan fingerprint density at radius 1 is 1.44 bits per heavy atom. The normalized spacial score (nSPS) is 10.3. The van der Waals surface area contributed by atoms with Gasteiger partial charge in [-0.3, -0.25) is 9.48 Å². The Hall–Kier alpha value is -2.37. The zero-order chi connectivity index (χ0) is 13.0. The molecule has 0 saturated heterocycles. The van der Waals surface area contributed by atoms with E-state index in [0.29, 0.717) is 11.4 Å². The van der Waals surface area contributed by atoms with Crippen LogP contribution in [0.25, 0.3) is 0 Å². The summed E-state index contributed by atoms with van der Waals surface area (Å²) in [5.41, 5.74) is 6.01. The van der Waals surface area contributed by atoms with Crippen molar-refractivity contribution in [1.82, 2.24) is 9.78 Å². The molecule has 0 spiro atoms. The molecule has 0 amide bonds. The highest BCUT2D eigenvalue weighted by molar-refractivity contribution is 5.69. The molecule has 0 aliphatic carbocycles. The standard InChI is InChI=1S/C12H12FN3O2/c13-10-3-1-2-9(6-10)8-18-12(17)7-16-5-4-11(14)15-16/h1-6H,7-8H2,(H2,14,15). The first-order chi connectivity index (χ1) is 8.63. The van der Waals surface area contributed by atoms with E-state index in [1.165, 1.54) is 16.8 Å². The molecule has 2 N–H and O–H groups in total. The second-order valence-corrected chi connectivity index (χ2v) is 3.73. The number of carbonyl (C=O) groups excluding carboxylic acids is 1. The Labute approximate surface area is 103 Å². The molecule has 0 saturated carbocycles. The number of esters is 1. The van der Waals surface area contributed by atoms with Gasteiger partial charge >= 0.3 is 5.97 Å². The van der Waals surface area contributed by atoms with Crippen molar-refractivity contribution in [2.45, 2.75) is 13.2 Å². The topological polar surface area (TPSA) is 70.1 Å². The third-order valence-electron chi connectivity index (χ3n) is 2.24. The van der Waals surface area contributed by atoms with E-state index in [4.69, 9.17) is 10.5 Å². The van der Waals surface area contributed by atoms with Crippen LogP contribution in [0.1, 0.15) is 5.56 Å². The van der Waals surface area contributed by atoms with E-state index in [2.05, 4.69) is 5.10 Å². The first-order valence-corrected chi connectivity index (χ1v) is 5.32. The molecule has 0 aliphatic heterocycles. The van der Waals surface area contributed by atoms with Gasteiger partial charge in [0.25, 0.3) is 0 Å². The van der Waals surface area contributed by atoms with Gasteiger partial charge in [-0.25, -0.2) is 4.39 Å². The van der Waals surface area contributed by atoms with Gasteiger partial charge in [0.15, 0.2) is 0 Å². The Bertz CT molecular complexity index is 554. The van der Waals surface area contributed by atoms with Crippen LogP contribution in [0.15, 0.2) is 36.5 Å². The molecule has 0 radical (unpaired) electrons. The minimum atomic E-state index is -0.456. The van der Waals surface area contributed by atoms with Crippen molar-refractivity contribution >= 4 is 11.8 Å². The fourth-order valence-electron chi connectivity index (χ4n) is 1.43. The quantitative estimate of drug-likeness (QED) is 0.830. The molecule has 0 unspecified atom stereocenters. The van der Waals surface area contributed by atoms with Gasteiger partial charge < -0.3 is 10.5 Å². The first-order valence-electron chi connectivity index (χ1n) is 5.32. The van der Waals surface area contributed by atoms with Crippen molar-refractivity contribution in [1.29, 1.82) is 0 Å². The summed E-state index contributed by atoms with van der Waals surface area (Å²) < 4.78 is 19.2. The molecule has 18 heavy (non-hydrogen) atoms. The molecular weight excluding hydrogens is 237 g/mol. The third-order valence-corrected chi connectivity index (χ3v) is 2.24. The van der Waals surface area contributed by atoms with E-state index >= 15 is 0 Å². The van der Waals surface area contributed by atoms with Gasteiger partial charge in [-0.15, -0.1) is 0 Å². The molecule has 6 heteroatoms. The maximum Gasteiger partial charge on any atom is 0.328 e. The molecule has 94 valence electrons. The summed E-state index contributed by atoms with van der Waals surface area (Å²) in [5.74, 6) is -0.473. The number of hydrogen-bond acceptors (Lipinski definition) is 4. The number of rotatable bonds is 4. The first kappa shape index (κ1) is 12.1. The van der Waals surface area contributed by atoms with E-state index in [9.17, 15) is 9.18 Å². The summed E-state index contributed by atoms with van der Waals surface area (Å²) in [6.07, 6.45) is 1.58. The van der Waals surface area contributed by atoms with Gasteiger partial charge in [0.2, 0.25) is 0 Å². The number of nitrogen functional groups attached to an aromatic ring is 1. The number of carbonyl (C=O) groups is 1. The highest BCUT2D eigenvalue weighted by Gasteiger charge is 2.06. The lowest BCUT2D eigenvalue weighted by Gasteiger charge is -2.05. The van der Waals surface area contributed by atoms with Crippen molar-refractivity contribution < 1.29 is 13.9 Å². The fourth-order valence-corrected chi connectivity index (χ4v) is 1.43. The summed E-state index contributed by atoms with van der Waals surface area (Å²) in [6.45, 7) is 0.0137. The number of ether oxygens (including phenoxy) is 1. The summed E-state index contributed by atoms with van der Waals surface area (Å²) in [5, 5.41) is 3.85. The highest BCUT2D eigenvalue weighted by atomic mass is 19.1. The average Bonchev–Trinajstić information content (AvgIpc) is 2.72. The molecule has 5 nitrogen and oxygen atoms in total. The maximum absolute atomic E-state index is 12.9. The van der Waals surface area contributed by atoms with Crippen LogP contribution in [0.4, 0.5) is 10.2 Å². The largest absolute Gasteiger partial charge is 0.459 e. The Balaban J connectivity index is 1.85. The molecule has 0 fully saturated rings. The number of anilines is 1. The zero-order valence-corrected chi connectivity index (χ0v) is 9.54. The predicted octanol–water partition coefficient (Wildman–Crippen LogP) is 1.35. The van der Waals surface area contributed by atoms with Gasteiger partial charge in [0, 0.05) is 6.20 Å². The van der Waals surface area contributed by atoms with Gasteiger partial charge in [-0.1, -0.05) is 12.1 Å². The van der Waals surface area contributed by atoms with E-state index < -0.39 is 5.97 Å². The van der Waals surface area contributed by atoms with Crippen LogP contribution >= 0.6 is 0 Å². The molecular formula is C12H12FN3O2. The van der Waals surface area contributed by atoms with Crippen LogP contribution in [-0.2, 0) is 22.7 Å². The Morgan fingerprint density at radius 2 is 2.28 bits per heavy atom. The average molecular weight is 249 g/mol. The molecule has 1 aromatic heterocycles. The predicted molar refractivity (Wildman–Crippen MR) is 62.8 cm³/mol. The maximum atomic E-state index is 12.9. The summed E-state index contributed by atoms with van der Waals surface area (Å²) in [7, 11) is 0. The molecule has 1 heterocycles. The molecule has 0 aliphatic rings. The zero-order valence-electron chi connectivity index (χ0n) is 9.54. The van der Waals surface area contributed by atoms with Gasteiger partial charge in [0.1, 0.15) is 24.8 Å². The number of nitrogens with zero attached hydrogens (tertiary/aromatic N) is 2. The van der Waals surface area contributed by atoms with E-state index in [-0.39, 0.29) is 19.0 Å². The highest BCUT2D eigenvalue weighted by Crippen LogP contribution is 2.05. The van der Waals surface area contributed by atoms with Crippen LogP contribution in [0.2, 0.25) is 0 Å². The van der Waals surface area contributed by atoms with Crippen molar-refractivity contribution in [2.75, 3.05) is 5.73 Å². The minimum Gasteiger partial charge on any atom is -0.459 e. The molecule has 2 rings (SSSR count). The second kappa shape index (κ2) is 5.31. The van der Waals surface area contributed by atoms with Crippen molar-refractivity contribution in [2.24, 2.45) is 0 Å².